The van der Waals surface area contributed by atoms with Gasteiger partial charge < -0.3 is 5.32 Å². The highest BCUT2D eigenvalue weighted by molar-refractivity contribution is 5.81. The second kappa shape index (κ2) is 8.69. The average molecular weight is 280 g/mol. The van der Waals surface area contributed by atoms with Crippen LogP contribution in [0.3, 0.4) is 0 Å². The van der Waals surface area contributed by atoms with Gasteiger partial charge in [-0.3, -0.25) is 10.1 Å². The zero-order valence-corrected chi connectivity index (χ0v) is 12.6. The zero-order chi connectivity index (χ0) is 15.0. The van der Waals surface area contributed by atoms with Crippen molar-refractivity contribution >= 4 is 5.91 Å². The number of halogens is 1. The van der Waals surface area contributed by atoms with Crippen LogP contribution in [0.15, 0.2) is 24.3 Å². The Morgan fingerprint density at radius 2 is 2.05 bits per heavy atom. The summed E-state index contributed by atoms with van der Waals surface area (Å²) in [6, 6.07) is 6.08. The highest BCUT2D eigenvalue weighted by atomic mass is 19.1. The van der Waals surface area contributed by atoms with Gasteiger partial charge in [0.1, 0.15) is 5.82 Å². The predicted octanol–water partition coefficient (Wildman–Crippen LogP) is 3.17. The maximum absolute atomic E-state index is 13.2. The number of carbonyl (C=O) groups excluding carboxylic acids is 1. The number of hydrogen-bond donors (Lipinski definition) is 2. The Hall–Kier alpha value is -1.42. The Labute approximate surface area is 121 Å². The van der Waals surface area contributed by atoms with Crippen molar-refractivity contribution in [1.82, 2.24) is 10.6 Å². The fourth-order valence-electron chi connectivity index (χ4n) is 2.06. The van der Waals surface area contributed by atoms with Gasteiger partial charge in [0.2, 0.25) is 5.91 Å². The van der Waals surface area contributed by atoms with Crippen LogP contribution in [0.5, 0.6) is 0 Å². The van der Waals surface area contributed by atoms with E-state index in [9.17, 15) is 9.18 Å². The van der Waals surface area contributed by atoms with E-state index >= 15 is 0 Å². The predicted molar refractivity (Wildman–Crippen MR) is 79.9 cm³/mol. The van der Waals surface area contributed by atoms with Crippen molar-refractivity contribution < 1.29 is 9.18 Å². The van der Waals surface area contributed by atoms with Crippen LogP contribution >= 0.6 is 0 Å². The van der Waals surface area contributed by atoms with Gasteiger partial charge >= 0.3 is 0 Å². The minimum absolute atomic E-state index is 0.00986. The standard InChI is InChI=1S/C16H25FN2O/c1-4-5-6-10-18-16(20)13(3)19-12(2)14-8-7-9-15(17)11-14/h7-9,11-13,19H,4-6,10H2,1-3H3,(H,18,20)/t12-,13?/m1/s1. The van der Waals surface area contributed by atoms with E-state index in [1.54, 1.807) is 6.07 Å². The lowest BCUT2D eigenvalue weighted by molar-refractivity contribution is -0.122. The molecule has 0 spiro atoms. The smallest absolute Gasteiger partial charge is 0.236 e. The molecule has 20 heavy (non-hydrogen) atoms. The van der Waals surface area contributed by atoms with Crippen molar-refractivity contribution in [2.24, 2.45) is 0 Å². The molecule has 0 bridgehead atoms. The van der Waals surface area contributed by atoms with E-state index in [1.165, 1.54) is 12.1 Å². The minimum Gasteiger partial charge on any atom is -0.355 e. The molecule has 4 heteroatoms. The lowest BCUT2D eigenvalue weighted by atomic mass is 10.1. The molecule has 1 aromatic carbocycles. The Kier molecular flexibility index (Phi) is 7.23. The molecule has 1 amide bonds. The van der Waals surface area contributed by atoms with Crippen molar-refractivity contribution in [3.8, 4) is 0 Å². The second-order valence-corrected chi connectivity index (χ2v) is 5.16. The first-order chi connectivity index (χ1) is 9.54. The second-order valence-electron chi connectivity index (χ2n) is 5.16. The largest absolute Gasteiger partial charge is 0.355 e. The average Bonchev–Trinajstić information content (AvgIpc) is 2.43. The molecule has 0 aliphatic heterocycles. The normalized spacial score (nSPS) is 13.8. The van der Waals surface area contributed by atoms with Gasteiger partial charge in [-0.15, -0.1) is 0 Å². The van der Waals surface area contributed by atoms with E-state index in [-0.39, 0.29) is 23.8 Å². The molecule has 2 atom stereocenters. The summed E-state index contributed by atoms with van der Waals surface area (Å²) in [6.45, 7) is 6.60. The van der Waals surface area contributed by atoms with Crippen LogP contribution in [0.4, 0.5) is 4.39 Å². The van der Waals surface area contributed by atoms with Crippen LogP contribution in [-0.2, 0) is 4.79 Å². The Morgan fingerprint density at radius 3 is 2.70 bits per heavy atom. The van der Waals surface area contributed by atoms with Gasteiger partial charge in [0.05, 0.1) is 6.04 Å². The lowest BCUT2D eigenvalue weighted by Gasteiger charge is -2.20. The molecule has 0 aliphatic rings. The molecule has 112 valence electrons. The fraction of sp³-hybridized carbons (Fsp3) is 0.562. The summed E-state index contributed by atoms with van der Waals surface area (Å²) >= 11 is 0. The van der Waals surface area contributed by atoms with Crippen LogP contribution < -0.4 is 10.6 Å². The molecule has 1 rings (SSSR count). The first kappa shape index (κ1) is 16.6. The highest BCUT2D eigenvalue weighted by Crippen LogP contribution is 2.14. The van der Waals surface area contributed by atoms with E-state index < -0.39 is 0 Å². The number of benzene rings is 1. The number of hydrogen-bond acceptors (Lipinski definition) is 2. The van der Waals surface area contributed by atoms with E-state index in [1.807, 2.05) is 19.9 Å². The molecule has 1 aromatic rings. The van der Waals surface area contributed by atoms with Gasteiger partial charge in [-0.2, -0.15) is 0 Å². The number of rotatable bonds is 8. The van der Waals surface area contributed by atoms with Crippen molar-refractivity contribution in [1.29, 1.82) is 0 Å². The third kappa shape index (κ3) is 5.70. The van der Waals surface area contributed by atoms with E-state index in [0.29, 0.717) is 6.54 Å². The fourth-order valence-corrected chi connectivity index (χ4v) is 2.06. The Bertz CT molecular complexity index is 423. The SMILES string of the molecule is CCCCCNC(=O)C(C)N[C@H](C)c1cccc(F)c1. The monoisotopic (exact) mass is 280 g/mol. The van der Waals surface area contributed by atoms with Gasteiger partial charge in [0.15, 0.2) is 0 Å². The van der Waals surface area contributed by atoms with Crippen molar-refractivity contribution in [3.05, 3.63) is 35.6 Å². The van der Waals surface area contributed by atoms with Gasteiger partial charge in [-0.05, 0) is 38.0 Å². The topological polar surface area (TPSA) is 41.1 Å². The third-order valence-corrected chi connectivity index (χ3v) is 3.32. The summed E-state index contributed by atoms with van der Waals surface area (Å²) in [6.07, 6.45) is 3.27. The molecule has 0 radical (unpaired) electrons. The van der Waals surface area contributed by atoms with Gasteiger partial charge in [-0.1, -0.05) is 31.9 Å². The first-order valence-corrected chi connectivity index (χ1v) is 7.33. The summed E-state index contributed by atoms with van der Waals surface area (Å²) in [5.41, 5.74) is 0.843. The molecular weight excluding hydrogens is 255 g/mol. The van der Waals surface area contributed by atoms with Gasteiger partial charge in [0, 0.05) is 12.6 Å². The quantitative estimate of drug-likeness (QED) is 0.718. The van der Waals surface area contributed by atoms with Crippen LogP contribution in [0, 0.1) is 5.82 Å². The van der Waals surface area contributed by atoms with Crippen LogP contribution in [0.2, 0.25) is 0 Å². The Balaban J connectivity index is 2.40. The number of carbonyl (C=O) groups is 1. The number of nitrogens with one attached hydrogen (secondary N) is 2. The van der Waals surface area contributed by atoms with Gasteiger partial charge in [-0.25, -0.2) is 4.39 Å². The van der Waals surface area contributed by atoms with Crippen LogP contribution in [0.25, 0.3) is 0 Å². The molecule has 0 fully saturated rings. The third-order valence-electron chi connectivity index (χ3n) is 3.32. The Morgan fingerprint density at radius 1 is 1.30 bits per heavy atom. The maximum atomic E-state index is 13.2. The zero-order valence-electron chi connectivity index (χ0n) is 12.6. The van der Waals surface area contributed by atoms with Crippen molar-refractivity contribution in [2.45, 2.75) is 52.1 Å². The van der Waals surface area contributed by atoms with Crippen LogP contribution in [-0.4, -0.2) is 18.5 Å². The van der Waals surface area contributed by atoms with Crippen molar-refractivity contribution in [2.75, 3.05) is 6.54 Å². The van der Waals surface area contributed by atoms with E-state index in [2.05, 4.69) is 17.6 Å². The molecule has 0 heterocycles. The summed E-state index contributed by atoms with van der Waals surface area (Å²) in [7, 11) is 0. The summed E-state index contributed by atoms with van der Waals surface area (Å²) in [5.74, 6) is -0.267. The summed E-state index contributed by atoms with van der Waals surface area (Å²) in [5, 5.41) is 6.10. The first-order valence-electron chi connectivity index (χ1n) is 7.33. The van der Waals surface area contributed by atoms with Crippen LogP contribution in [0.1, 0.15) is 51.6 Å². The van der Waals surface area contributed by atoms with E-state index in [0.717, 1.165) is 24.8 Å². The molecular formula is C16H25FN2O. The van der Waals surface area contributed by atoms with Crippen molar-refractivity contribution in [3.63, 3.8) is 0 Å². The number of amides is 1. The molecule has 1 unspecified atom stereocenters. The van der Waals surface area contributed by atoms with E-state index in [4.69, 9.17) is 0 Å². The molecule has 3 nitrogen and oxygen atoms in total. The lowest BCUT2D eigenvalue weighted by Crippen LogP contribution is -2.43. The molecule has 0 saturated heterocycles. The molecule has 2 N–H and O–H groups in total. The summed E-state index contributed by atoms with van der Waals surface area (Å²) < 4.78 is 13.2. The molecule has 0 aromatic heterocycles. The number of unbranched alkanes of at least 4 members (excludes halogenated alkanes) is 2. The minimum atomic E-state index is -0.296. The molecule has 0 aliphatic carbocycles. The van der Waals surface area contributed by atoms with Gasteiger partial charge in [0.25, 0.3) is 0 Å². The highest BCUT2D eigenvalue weighted by Gasteiger charge is 2.15. The molecule has 0 saturated carbocycles. The maximum Gasteiger partial charge on any atom is 0.236 e. The summed E-state index contributed by atoms with van der Waals surface area (Å²) in [4.78, 5) is 11.9.